The van der Waals surface area contributed by atoms with E-state index < -0.39 is 0 Å². The van der Waals surface area contributed by atoms with Crippen molar-refractivity contribution in [2.75, 3.05) is 11.4 Å². The molecule has 2 heterocycles. The Balaban J connectivity index is 1.66. The second kappa shape index (κ2) is 6.84. The van der Waals surface area contributed by atoms with Gasteiger partial charge in [-0.2, -0.15) is 0 Å². The highest BCUT2D eigenvalue weighted by molar-refractivity contribution is 9.10. The first kappa shape index (κ1) is 16.2. The minimum atomic E-state index is -0.302. The maximum atomic E-state index is 12.4. The van der Waals surface area contributed by atoms with Crippen LogP contribution in [0, 0.1) is 5.92 Å². The number of amides is 2. The summed E-state index contributed by atoms with van der Waals surface area (Å²) in [4.78, 5) is 27.5. The van der Waals surface area contributed by atoms with E-state index in [4.69, 9.17) is 0 Å². The standard InChI is InChI=1S/C17H17BrN2O2S/c1-11(15-6-3-7-23-15)19-17(22)12-8-16(21)20(10-12)14-5-2-4-13(18)9-14/h2-7,9,11-12H,8,10H2,1H3,(H,19,22)/t11-,12-/m0/s1. The SMILES string of the molecule is C[C@H](NC(=O)[C@H]1CC(=O)N(c2cccc(Br)c2)C1)c1cccs1. The van der Waals surface area contributed by atoms with Crippen LogP contribution in [-0.2, 0) is 9.59 Å². The van der Waals surface area contributed by atoms with Gasteiger partial charge in [-0.05, 0) is 36.6 Å². The molecule has 1 N–H and O–H groups in total. The third-order valence-corrected chi connectivity index (χ3v) is 5.49. The van der Waals surface area contributed by atoms with Crippen LogP contribution in [0.5, 0.6) is 0 Å². The summed E-state index contributed by atoms with van der Waals surface area (Å²) in [6, 6.07) is 11.5. The van der Waals surface area contributed by atoms with E-state index in [-0.39, 0.29) is 30.2 Å². The van der Waals surface area contributed by atoms with Crippen molar-refractivity contribution in [3.05, 3.63) is 51.1 Å². The molecule has 2 amide bonds. The first-order valence-electron chi connectivity index (χ1n) is 7.44. The largest absolute Gasteiger partial charge is 0.348 e. The second-order valence-corrected chi connectivity index (χ2v) is 7.53. The normalized spacial score (nSPS) is 19.0. The highest BCUT2D eigenvalue weighted by Crippen LogP contribution is 2.28. The van der Waals surface area contributed by atoms with Crippen LogP contribution in [0.2, 0.25) is 0 Å². The molecule has 1 saturated heterocycles. The molecule has 0 bridgehead atoms. The molecule has 4 nitrogen and oxygen atoms in total. The van der Waals surface area contributed by atoms with Crippen LogP contribution < -0.4 is 10.2 Å². The average Bonchev–Trinajstić information content (AvgIpc) is 3.16. The molecule has 0 aliphatic carbocycles. The number of carbonyl (C=O) groups is 2. The molecule has 3 rings (SSSR count). The van der Waals surface area contributed by atoms with E-state index in [1.165, 1.54) is 0 Å². The Morgan fingerprint density at radius 1 is 1.39 bits per heavy atom. The number of carbonyl (C=O) groups excluding carboxylic acids is 2. The Bertz CT molecular complexity index is 717. The predicted octanol–water partition coefficient (Wildman–Crippen LogP) is 3.74. The summed E-state index contributed by atoms with van der Waals surface area (Å²) in [7, 11) is 0. The fraction of sp³-hybridized carbons (Fsp3) is 0.294. The lowest BCUT2D eigenvalue weighted by Gasteiger charge is -2.18. The molecule has 0 spiro atoms. The lowest BCUT2D eigenvalue weighted by molar-refractivity contribution is -0.126. The topological polar surface area (TPSA) is 49.4 Å². The molecule has 2 atom stereocenters. The van der Waals surface area contributed by atoms with Crippen molar-refractivity contribution in [1.82, 2.24) is 5.32 Å². The summed E-state index contributed by atoms with van der Waals surface area (Å²) >= 11 is 5.03. The Hall–Kier alpha value is -1.66. The summed E-state index contributed by atoms with van der Waals surface area (Å²) in [5.74, 6) is -0.368. The lowest BCUT2D eigenvalue weighted by atomic mass is 10.1. The van der Waals surface area contributed by atoms with Crippen LogP contribution in [0.15, 0.2) is 46.3 Å². The zero-order valence-electron chi connectivity index (χ0n) is 12.7. The van der Waals surface area contributed by atoms with Gasteiger partial charge in [-0.15, -0.1) is 11.3 Å². The average molecular weight is 393 g/mol. The molecule has 1 fully saturated rings. The minimum absolute atomic E-state index is 0.00738. The van der Waals surface area contributed by atoms with Gasteiger partial charge in [-0.25, -0.2) is 0 Å². The van der Waals surface area contributed by atoms with Gasteiger partial charge in [0, 0.05) is 28.0 Å². The van der Waals surface area contributed by atoms with Gasteiger partial charge in [-0.3, -0.25) is 9.59 Å². The van der Waals surface area contributed by atoms with Crippen molar-refractivity contribution in [2.24, 2.45) is 5.92 Å². The fourth-order valence-corrected chi connectivity index (χ4v) is 3.84. The summed E-state index contributed by atoms with van der Waals surface area (Å²) in [5.41, 5.74) is 0.825. The van der Waals surface area contributed by atoms with Gasteiger partial charge in [0.05, 0.1) is 12.0 Å². The van der Waals surface area contributed by atoms with Crippen molar-refractivity contribution in [3.8, 4) is 0 Å². The van der Waals surface area contributed by atoms with Crippen molar-refractivity contribution in [3.63, 3.8) is 0 Å². The number of nitrogens with zero attached hydrogens (tertiary/aromatic N) is 1. The quantitative estimate of drug-likeness (QED) is 0.861. The van der Waals surface area contributed by atoms with Crippen LogP contribution in [0.1, 0.15) is 24.3 Å². The van der Waals surface area contributed by atoms with E-state index in [9.17, 15) is 9.59 Å². The molecule has 120 valence electrons. The number of hydrogen-bond donors (Lipinski definition) is 1. The summed E-state index contributed by atoms with van der Waals surface area (Å²) in [5, 5.41) is 5.00. The van der Waals surface area contributed by atoms with Gasteiger partial charge in [0.1, 0.15) is 0 Å². The third-order valence-electron chi connectivity index (χ3n) is 3.94. The van der Waals surface area contributed by atoms with E-state index in [1.807, 2.05) is 48.7 Å². The maximum Gasteiger partial charge on any atom is 0.227 e. The van der Waals surface area contributed by atoms with Crippen LogP contribution in [0.25, 0.3) is 0 Å². The molecule has 1 aliphatic rings. The number of anilines is 1. The molecule has 23 heavy (non-hydrogen) atoms. The molecule has 0 radical (unpaired) electrons. The van der Waals surface area contributed by atoms with E-state index in [1.54, 1.807) is 16.2 Å². The first-order chi connectivity index (χ1) is 11.0. The zero-order chi connectivity index (χ0) is 16.4. The predicted molar refractivity (Wildman–Crippen MR) is 95.5 cm³/mol. The first-order valence-corrected chi connectivity index (χ1v) is 9.11. The summed E-state index contributed by atoms with van der Waals surface area (Å²) in [6.45, 7) is 2.39. The molecule has 1 aromatic heterocycles. The molecular weight excluding hydrogens is 376 g/mol. The van der Waals surface area contributed by atoms with E-state index in [2.05, 4.69) is 21.2 Å². The zero-order valence-corrected chi connectivity index (χ0v) is 15.1. The Labute approximate surface area is 147 Å². The Morgan fingerprint density at radius 3 is 2.91 bits per heavy atom. The van der Waals surface area contributed by atoms with Gasteiger partial charge >= 0.3 is 0 Å². The summed E-state index contributed by atoms with van der Waals surface area (Å²) < 4.78 is 0.919. The number of benzene rings is 1. The fourth-order valence-electron chi connectivity index (χ4n) is 2.72. The molecule has 2 aromatic rings. The Morgan fingerprint density at radius 2 is 2.22 bits per heavy atom. The number of hydrogen-bond acceptors (Lipinski definition) is 3. The van der Waals surface area contributed by atoms with Crippen molar-refractivity contribution < 1.29 is 9.59 Å². The minimum Gasteiger partial charge on any atom is -0.348 e. The number of nitrogens with one attached hydrogen (secondary N) is 1. The lowest BCUT2D eigenvalue weighted by Crippen LogP contribution is -2.34. The highest BCUT2D eigenvalue weighted by Gasteiger charge is 2.35. The number of rotatable bonds is 4. The van der Waals surface area contributed by atoms with Gasteiger partial charge in [0.15, 0.2) is 0 Å². The molecular formula is C17H17BrN2O2S. The van der Waals surface area contributed by atoms with Crippen LogP contribution in [0.4, 0.5) is 5.69 Å². The Kier molecular flexibility index (Phi) is 4.82. The van der Waals surface area contributed by atoms with E-state index in [0.717, 1.165) is 15.0 Å². The second-order valence-electron chi connectivity index (χ2n) is 5.63. The highest BCUT2D eigenvalue weighted by atomic mass is 79.9. The van der Waals surface area contributed by atoms with Gasteiger partial charge in [0.2, 0.25) is 11.8 Å². The molecule has 6 heteroatoms. The van der Waals surface area contributed by atoms with E-state index in [0.29, 0.717) is 6.54 Å². The van der Waals surface area contributed by atoms with E-state index >= 15 is 0 Å². The van der Waals surface area contributed by atoms with Crippen LogP contribution in [-0.4, -0.2) is 18.4 Å². The number of halogens is 1. The number of thiophene rings is 1. The van der Waals surface area contributed by atoms with Crippen molar-refractivity contribution in [1.29, 1.82) is 0 Å². The third kappa shape index (κ3) is 3.64. The van der Waals surface area contributed by atoms with Gasteiger partial charge < -0.3 is 10.2 Å². The van der Waals surface area contributed by atoms with Gasteiger partial charge in [0.25, 0.3) is 0 Å². The van der Waals surface area contributed by atoms with Crippen molar-refractivity contribution in [2.45, 2.75) is 19.4 Å². The smallest absolute Gasteiger partial charge is 0.227 e. The summed E-state index contributed by atoms with van der Waals surface area (Å²) in [6.07, 6.45) is 0.259. The van der Waals surface area contributed by atoms with Gasteiger partial charge in [-0.1, -0.05) is 28.1 Å². The molecule has 1 aromatic carbocycles. The molecule has 1 aliphatic heterocycles. The molecule has 0 saturated carbocycles. The van der Waals surface area contributed by atoms with Crippen LogP contribution in [0.3, 0.4) is 0 Å². The maximum absolute atomic E-state index is 12.4. The monoisotopic (exact) mass is 392 g/mol. The van der Waals surface area contributed by atoms with Crippen LogP contribution >= 0.6 is 27.3 Å². The molecule has 0 unspecified atom stereocenters. The van der Waals surface area contributed by atoms with Crippen molar-refractivity contribution >= 4 is 44.8 Å².